The van der Waals surface area contributed by atoms with E-state index in [2.05, 4.69) is 10.0 Å². The Kier molecular flexibility index (Phi) is 5.71. The molecule has 0 bridgehead atoms. The fraction of sp³-hybridized carbons (Fsp3) is 0.118. The van der Waals surface area contributed by atoms with Gasteiger partial charge in [-0.05, 0) is 42.0 Å². The monoisotopic (exact) mass is 384 g/mol. The first-order chi connectivity index (χ1) is 12.0. The van der Waals surface area contributed by atoms with Crippen molar-refractivity contribution >= 4 is 33.4 Å². The highest BCUT2D eigenvalue weighted by molar-refractivity contribution is 7.92. The zero-order chi connectivity index (χ0) is 19.4. The van der Waals surface area contributed by atoms with E-state index in [4.69, 9.17) is 0 Å². The standard InChI is InChI=1S/C17H15F3N2O3S/c1-26(24,25)22-14-8-5-12(6-9-14)7-10-16(23)21-15-4-2-3-13(11-15)17(18,19)20/h2-11,22H,1H3,(H,21,23)/b10-7+. The summed E-state index contributed by atoms with van der Waals surface area (Å²) in [7, 11) is -3.38. The van der Waals surface area contributed by atoms with Crippen LogP contribution in [0.3, 0.4) is 0 Å². The number of carbonyl (C=O) groups is 1. The van der Waals surface area contributed by atoms with Gasteiger partial charge in [-0.2, -0.15) is 13.2 Å². The van der Waals surface area contributed by atoms with E-state index in [1.54, 1.807) is 12.1 Å². The molecule has 2 rings (SSSR count). The maximum Gasteiger partial charge on any atom is 0.416 e. The lowest BCUT2D eigenvalue weighted by Crippen LogP contribution is -2.10. The molecule has 0 unspecified atom stereocenters. The van der Waals surface area contributed by atoms with Crippen molar-refractivity contribution in [1.82, 2.24) is 0 Å². The Morgan fingerprint density at radius 2 is 1.69 bits per heavy atom. The summed E-state index contributed by atoms with van der Waals surface area (Å²) in [5, 5.41) is 2.35. The van der Waals surface area contributed by atoms with Crippen LogP contribution in [0.5, 0.6) is 0 Å². The SMILES string of the molecule is CS(=O)(=O)Nc1ccc(/C=C/C(=O)Nc2cccc(C(F)(F)F)c2)cc1. The lowest BCUT2D eigenvalue weighted by atomic mass is 10.2. The molecule has 0 atom stereocenters. The van der Waals surface area contributed by atoms with Gasteiger partial charge in [0.15, 0.2) is 0 Å². The van der Waals surface area contributed by atoms with Gasteiger partial charge in [-0.25, -0.2) is 8.42 Å². The summed E-state index contributed by atoms with van der Waals surface area (Å²) < 4.78 is 62.4. The summed E-state index contributed by atoms with van der Waals surface area (Å²) in [4.78, 5) is 11.8. The van der Waals surface area contributed by atoms with E-state index in [1.165, 1.54) is 36.4 Å². The maximum atomic E-state index is 12.6. The second-order valence-electron chi connectivity index (χ2n) is 5.40. The quantitative estimate of drug-likeness (QED) is 0.772. The van der Waals surface area contributed by atoms with Gasteiger partial charge < -0.3 is 5.32 Å². The highest BCUT2D eigenvalue weighted by Gasteiger charge is 2.30. The molecule has 5 nitrogen and oxygen atoms in total. The van der Waals surface area contributed by atoms with Crippen molar-refractivity contribution in [3.8, 4) is 0 Å². The molecule has 1 amide bonds. The fourth-order valence-electron chi connectivity index (χ4n) is 2.01. The third-order valence-electron chi connectivity index (χ3n) is 3.10. The van der Waals surface area contributed by atoms with E-state index in [0.717, 1.165) is 18.4 Å². The van der Waals surface area contributed by atoms with E-state index in [1.807, 2.05) is 0 Å². The molecule has 2 N–H and O–H groups in total. The second-order valence-corrected chi connectivity index (χ2v) is 7.15. The van der Waals surface area contributed by atoms with Crippen LogP contribution in [0.25, 0.3) is 6.08 Å². The fourth-order valence-corrected chi connectivity index (χ4v) is 2.57. The molecule has 2 aromatic carbocycles. The Balaban J connectivity index is 2.01. The van der Waals surface area contributed by atoms with E-state index < -0.39 is 27.7 Å². The Labute approximate surface area is 148 Å². The number of alkyl halides is 3. The van der Waals surface area contributed by atoms with Crippen LogP contribution in [0.15, 0.2) is 54.6 Å². The van der Waals surface area contributed by atoms with Crippen LogP contribution in [-0.4, -0.2) is 20.6 Å². The Bertz CT molecular complexity index is 921. The molecule has 9 heteroatoms. The number of halogens is 3. The Morgan fingerprint density at radius 3 is 2.27 bits per heavy atom. The summed E-state index contributed by atoms with van der Waals surface area (Å²) in [6, 6.07) is 10.5. The number of benzene rings is 2. The summed E-state index contributed by atoms with van der Waals surface area (Å²) in [5.74, 6) is -0.595. The number of nitrogens with one attached hydrogen (secondary N) is 2. The molecule has 0 fully saturated rings. The smallest absolute Gasteiger partial charge is 0.322 e. The van der Waals surface area contributed by atoms with E-state index in [-0.39, 0.29) is 5.69 Å². The molecule has 2 aromatic rings. The summed E-state index contributed by atoms with van der Waals surface area (Å²) in [5.41, 5.74) is 0.164. The van der Waals surface area contributed by atoms with Crippen molar-refractivity contribution in [1.29, 1.82) is 0 Å². The molecule has 0 aliphatic heterocycles. The molecule has 0 aliphatic rings. The molecule has 0 saturated heterocycles. The number of rotatable bonds is 5. The number of anilines is 2. The lowest BCUT2D eigenvalue weighted by Gasteiger charge is -2.08. The van der Waals surface area contributed by atoms with Crippen molar-refractivity contribution in [2.75, 3.05) is 16.3 Å². The maximum absolute atomic E-state index is 12.6. The summed E-state index contributed by atoms with van der Waals surface area (Å²) in [6.07, 6.45) is -0.844. The minimum absolute atomic E-state index is 0.0298. The van der Waals surface area contributed by atoms with E-state index in [9.17, 15) is 26.4 Å². The van der Waals surface area contributed by atoms with Gasteiger partial charge in [0.2, 0.25) is 15.9 Å². The summed E-state index contributed by atoms with van der Waals surface area (Å²) in [6.45, 7) is 0. The number of hydrogen-bond donors (Lipinski definition) is 2. The van der Waals surface area contributed by atoms with Crippen molar-refractivity contribution in [3.63, 3.8) is 0 Å². The van der Waals surface area contributed by atoms with Gasteiger partial charge in [0.1, 0.15) is 0 Å². The van der Waals surface area contributed by atoms with Crippen LogP contribution >= 0.6 is 0 Å². The van der Waals surface area contributed by atoms with Crippen LogP contribution in [0.4, 0.5) is 24.5 Å². The third-order valence-corrected chi connectivity index (χ3v) is 3.71. The van der Waals surface area contributed by atoms with Crippen LogP contribution in [0, 0.1) is 0 Å². The molecule has 0 heterocycles. The van der Waals surface area contributed by atoms with Gasteiger partial charge in [0.05, 0.1) is 11.8 Å². The van der Waals surface area contributed by atoms with Gasteiger partial charge in [-0.15, -0.1) is 0 Å². The van der Waals surface area contributed by atoms with Crippen molar-refractivity contribution in [2.24, 2.45) is 0 Å². The van der Waals surface area contributed by atoms with E-state index >= 15 is 0 Å². The highest BCUT2D eigenvalue weighted by atomic mass is 32.2. The molecule has 26 heavy (non-hydrogen) atoms. The van der Waals surface area contributed by atoms with Gasteiger partial charge in [-0.1, -0.05) is 18.2 Å². The minimum Gasteiger partial charge on any atom is -0.322 e. The zero-order valence-corrected chi connectivity index (χ0v) is 14.4. The van der Waals surface area contributed by atoms with E-state index in [0.29, 0.717) is 11.3 Å². The molecule has 0 saturated carbocycles. The molecular weight excluding hydrogens is 369 g/mol. The molecular formula is C17H15F3N2O3S. The topological polar surface area (TPSA) is 75.3 Å². The Morgan fingerprint density at radius 1 is 1.04 bits per heavy atom. The lowest BCUT2D eigenvalue weighted by molar-refractivity contribution is -0.137. The Hall–Kier alpha value is -2.81. The number of carbonyl (C=O) groups excluding carboxylic acids is 1. The van der Waals surface area contributed by atoms with Crippen molar-refractivity contribution in [2.45, 2.75) is 6.18 Å². The van der Waals surface area contributed by atoms with Crippen molar-refractivity contribution in [3.05, 3.63) is 65.7 Å². The first-order valence-electron chi connectivity index (χ1n) is 7.27. The highest BCUT2D eigenvalue weighted by Crippen LogP contribution is 2.30. The van der Waals surface area contributed by atoms with Gasteiger partial charge in [0.25, 0.3) is 0 Å². The summed E-state index contributed by atoms with van der Waals surface area (Å²) >= 11 is 0. The first-order valence-corrected chi connectivity index (χ1v) is 9.16. The first kappa shape index (κ1) is 19.5. The van der Waals surface area contributed by atoms with Crippen molar-refractivity contribution < 1.29 is 26.4 Å². The number of hydrogen-bond acceptors (Lipinski definition) is 3. The minimum atomic E-state index is -4.49. The van der Waals surface area contributed by atoms with Gasteiger partial charge in [0, 0.05) is 17.5 Å². The molecule has 0 radical (unpaired) electrons. The predicted molar refractivity (Wildman–Crippen MR) is 94.0 cm³/mol. The van der Waals surface area contributed by atoms with Gasteiger partial charge >= 0.3 is 6.18 Å². The molecule has 0 aliphatic carbocycles. The van der Waals surface area contributed by atoms with Crippen LogP contribution < -0.4 is 10.0 Å². The van der Waals surface area contributed by atoms with Crippen LogP contribution in [-0.2, 0) is 21.0 Å². The third kappa shape index (κ3) is 6.25. The average molecular weight is 384 g/mol. The average Bonchev–Trinajstić information content (AvgIpc) is 2.52. The second kappa shape index (κ2) is 7.61. The van der Waals surface area contributed by atoms with Crippen LogP contribution in [0.1, 0.15) is 11.1 Å². The number of amides is 1. The van der Waals surface area contributed by atoms with Gasteiger partial charge in [-0.3, -0.25) is 9.52 Å². The largest absolute Gasteiger partial charge is 0.416 e. The molecule has 138 valence electrons. The molecule has 0 spiro atoms. The zero-order valence-electron chi connectivity index (χ0n) is 13.5. The normalized spacial score (nSPS) is 12.2. The number of sulfonamides is 1. The predicted octanol–water partition coefficient (Wildman–Crippen LogP) is 3.73. The molecule has 0 aromatic heterocycles. The van der Waals surface area contributed by atoms with Crippen LogP contribution in [0.2, 0.25) is 0 Å².